The second-order valence-electron chi connectivity index (χ2n) is 4.58. The van der Waals surface area contributed by atoms with Gasteiger partial charge in [0.2, 0.25) is 0 Å². The number of aryl methyl sites for hydroxylation is 1. The van der Waals surface area contributed by atoms with Crippen molar-refractivity contribution in [3.63, 3.8) is 0 Å². The topological polar surface area (TPSA) is 70.8 Å². The van der Waals surface area contributed by atoms with Crippen LogP contribution in [-0.2, 0) is 12.8 Å². The van der Waals surface area contributed by atoms with Crippen LogP contribution in [0.15, 0.2) is 0 Å². The first-order valence-electron chi connectivity index (χ1n) is 6.78. The molecule has 0 radical (unpaired) electrons. The van der Waals surface area contributed by atoms with Crippen LogP contribution in [0.3, 0.4) is 0 Å². The third-order valence-electron chi connectivity index (χ3n) is 2.82. The van der Waals surface area contributed by atoms with Gasteiger partial charge in [-0.2, -0.15) is 10.4 Å². The van der Waals surface area contributed by atoms with E-state index in [-0.39, 0.29) is 0 Å². The molecule has 0 atom stereocenters. The van der Waals surface area contributed by atoms with Crippen molar-refractivity contribution < 1.29 is 4.74 Å². The Balaban J connectivity index is 2.81. The third-order valence-corrected chi connectivity index (χ3v) is 2.82. The average Bonchev–Trinajstić information content (AvgIpc) is 2.42. The minimum Gasteiger partial charge on any atom is -0.474 e. The lowest BCUT2D eigenvalue weighted by Crippen LogP contribution is -2.27. The molecule has 0 saturated heterocycles. The molecule has 1 rings (SSSR count). The molecule has 0 aliphatic carbocycles. The van der Waals surface area contributed by atoms with Crippen LogP contribution in [0.5, 0.6) is 5.88 Å². The minimum absolute atomic E-state index is 0.349. The molecule has 0 saturated carbocycles. The highest BCUT2D eigenvalue weighted by molar-refractivity contribution is 5.46. The van der Waals surface area contributed by atoms with E-state index in [2.05, 4.69) is 35.4 Å². The molecule has 0 amide bonds. The van der Waals surface area contributed by atoms with Gasteiger partial charge >= 0.3 is 0 Å². The van der Waals surface area contributed by atoms with Crippen molar-refractivity contribution in [2.75, 3.05) is 13.2 Å². The first kappa shape index (κ1) is 15.4. The monoisotopic (exact) mass is 262 g/mol. The van der Waals surface area contributed by atoms with E-state index in [0.29, 0.717) is 24.1 Å². The van der Waals surface area contributed by atoms with Crippen LogP contribution in [0.2, 0.25) is 0 Å². The van der Waals surface area contributed by atoms with E-state index in [4.69, 9.17) is 4.74 Å². The third kappa shape index (κ3) is 4.18. The molecule has 1 heterocycles. The van der Waals surface area contributed by atoms with Crippen molar-refractivity contribution in [3.8, 4) is 11.9 Å². The van der Waals surface area contributed by atoms with Gasteiger partial charge < -0.3 is 10.1 Å². The summed E-state index contributed by atoms with van der Waals surface area (Å²) in [6, 6.07) is 2.61. The molecule has 0 aromatic carbocycles. The first-order chi connectivity index (χ1) is 9.13. The number of ether oxygens (including phenoxy) is 1. The number of rotatable bonds is 7. The highest BCUT2D eigenvalue weighted by Crippen LogP contribution is 2.21. The maximum atomic E-state index is 9.28. The Hall–Kier alpha value is -1.67. The number of nitrogens with one attached hydrogen (secondary N) is 1. The molecule has 0 unspecified atom stereocenters. The molecule has 0 bridgehead atoms. The summed E-state index contributed by atoms with van der Waals surface area (Å²) in [5, 5.41) is 20.7. The molecule has 1 aromatic heterocycles. The Morgan fingerprint density at radius 3 is 2.53 bits per heavy atom. The van der Waals surface area contributed by atoms with Gasteiger partial charge in [0.25, 0.3) is 5.88 Å². The van der Waals surface area contributed by atoms with Gasteiger partial charge in [-0.3, -0.25) is 0 Å². The summed E-state index contributed by atoms with van der Waals surface area (Å²) < 4.78 is 5.56. The maximum absolute atomic E-state index is 9.28. The van der Waals surface area contributed by atoms with Crippen molar-refractivity contribution in [1.29, 1.82) is 5.26 Å². The standard InChI is InChI=1S/C14H22N4O/c1-5-11-12(9-15)14(18-17-13(11)6-2)19-8-7-16-10(3)4/h10,16H,5-8H2,1-4H3. The molecule has 19 heavy (non-hydrogen) atoms. The average molecular weight is 262 g/mol. The van der Waals surface area contributed by atoms with Gasteiger partial charge in [0.15, 0.2) is 0 Å². The molecule has 0 spiro atoms. The Labute approximate surface area is 115 Å². The fourth-order valence-corrected chi connectivity index (χ4v) is 1.87. The summed E-state index contributed by atoms with van der Waals surface area (Å²) in [5.74, 6) is 0.349. The summed E-state index contributed by atoms with van der Waals surface area (Å²) in [7, 11) is 0. The largest absolute Gasteiger partial charge is 0.474 e. The van der Waals surface area contributed by atoms with Crippen molar-refractivity contribution in [2.24, 2.45) is 0 Å². The van der Waals surface area contributed by atoms with Gasteiger partial charge in [-0.05, 0) is 18.4 Å². The molecule has 0 fully saturated rings. The SMILES string of the molecule is CCc1nnc(OCCNC(C)C)c(C#N)c1CC. The van der Waals surface area contributed by atoms with Crippen molar-refractivity contribution in [3.05, 3.63) is 16.8 Å². The lowest BCUT2D eigenvalue weighted by molar-refractivity contribution is 0.292. The second kappa shape index (κ2) is 7.70. The highest BCUT2D eigenvalue weighted by atomic mass is 16.5. The smallest absolute Gasteiger partial charge is 0.251 e. The van der Waals surface area contributed by atoms with E-state index in [0.717, 1.165) is 30.6 Å². The molecule has 1 aromatic rings. The molecule has 0 aliphatic rings. The van der Waals surface area contributed by atoms with E-state index >= 15 is 0 Å². The van der Waals surface area contributed by atoms with Gasteiger partial charge in [-0.25, -0.2) is 0 Å². The first-order valence-corrected chi connectivity index (χ1v) is 6.78. The summed E-state index contributed by atoms with van der Waals surface area (Å²) in [6.07, 6.45) is 1.54. The molecular formula is C14H22N4O. The number of hydrogen-bond donors (Lipinski definition) is 1. The quantitative estimate of drug-likeness (QED) is 0.759. The summed E-state index contributed by atoms with van der Waals surface area (Å²) in [6.45, 7) is 9.38. The molecular weight excluding hydrogens is 240 g/mol. The zero-order valence-corrected chi connectivity index (χ0v) is 12.2. The van der Waals surface area contributed by atoms with Crippen molar-refractivity contribution >= 4 is 0 Å². The molecule has 104 valence electrons. The zero-order valence-electron chi connectivity index (χ0n) is 12.2. The lowest BCUT2D eigenvalue weighted by atomic mass is 10.0. The van der Waals surface area contributed by atoms with Gasteiger partial charge in [-0.15, -0.1) is 5.10 Å². The van der Waals surface area contributed by atoms with Crippen LogP contribution in [0.25, 0.3) is 0 Å². The van der Waals surface area contributed by atoms with E-state index in [1.54, 1.807) is 0 Å². The molecule has 0 aliphatic heterocycles. The van der Waals surface area contributed by atoms with Crippen LogP contribution in [0, 0.1) is 11.3 Å². The second-order valence-corrected chi connectivity index (χ2v) is 4.58. The molecule has 1 N–H and O–H groups in total. The van der Waals surface area contributed by atoms with Crippen LogP contribution in [0.4, 0.5) is 0 Å². The van der Waals surface area contributed by atoms with E-state index in [1.807, 2.05) is 13.8 Å². The Morgan fingerprint density at radius 2 is 2.00 bits per heavy atom. The van der Waals surface area contributed by atoms with Gasteiger partial charge in [0.05, 0.1) is 5.69 Å². The fraction of sp³-hybridized carbons (Fsp3) is 0.643. The van der Waals surface area contributed by atoms with E-state index in [1.165, 1.54) is 0 Å². The van der Waals surface area contributed by atoms with Gasteiger partial charge in [0, 0.05) is 12.6 Å². The number of nitrogens with zero attached hydrogens (tertiary/aromatic N) is 3. The number of hydrogen-bond acceptors (Lipinski definition) is 5. The Morgan fingerprint density at radius 1 is 1.26 bits per heavy atom. The zero-order chi connectivity index (χ0) is 14.3. The maximum Gasteiger partial charge on any atom is 0.251 e. The van der Waals surface area contributed by atoms with Crippen LogP contribution in [-0.4, -0.2) is 29.4 Å². The normalized spacial score (nSPS) is 10.5. The molecule has 5 heteroatoms. The van der Waals surface area contributed by atoms with Crippen LogP contribution >= 0.6 is 0 Å². The summed E-state index contributed by atoms with van der Waals surface area (Å²) in [5.41, 5.74) is 2.36. The minimum atomic E-state index is 0.349. The predicted molar refractivity (Wildman–Crippen MR) is 74.1 cm³/mol. The summed E-state index contributed by atoms with van der Waals surface area (Å²) in [4.78, 5) is 0. The number of aromatic nitrogens is 2. The Kier molecular flexibility index (Phi) is 6.23. The highest BCUT2D eigenvalue weighted by Gasteiger charge is 2.15. The predicted octanol–water partition coefficient (Wildman–Crippen LogP) is 1.85. The fourth-order valence-electron chi connectivity index (χ4n) is 1.87. The van der Waals surface area contributed by atoms with Crippen LogP contribution < -0.4 is 10.1 Å². The summed E-state index contributed by atoms with van der Waals surface area (Å²) >= 11 is 0. The van der Waals surface area contributed by atoms with E-state index < -0.39 is 0 Å². The Bertz CT molecular complexity index is 451. The molecule has 5 nitrogen and oxygen atoms in total. The van der Waals surface area contributed by atoms with Gasteiger partial charge in [-0.1, -0.05) is 27.7 Å². The van der Waals surface area contributed by atoms with Crippen molar-refractivity contribution in [2.45, 2.75) is 46.6 Å². The number of nitriles is 1. The van der Waals surface area contributed by atoms with Crippen LogP contribution in [0.1, 0.15) is 44.5 Å². The van der Waals surface area contributed by atoms with Crippen molar-refractivity contribution in [1.82, 2.24) is 15.5 Å². The lowest BCUT2D eigenvalue weighted by Gasteiger charge is -2.12. The van der Waals surface area contributed by atoms with Gasteiger partial charge in [0.1, 0.15) is 18.2 Å². The van der Waals surface area contributed by atoms with E-state index in [9.17, 15) is 5.26 Å².